The van der Waals surface area contributed by atoms with E-state index >= 15 is 0 Å². The number of benzene rings is 2. The molecule has 3 rings (SSSR count). The second kappa shape index (κ2) is 9.09. The van der Waals surface area contributed by atoms with Gasteiger partial charge in [-0.1, -0.05) is 29.8 Å². The molecule has 1 aromatic heterocycles. The Morgan fingerprint density at radius 3 is 2.62 bits per heavy atom. The molecule has 0 radical (unpaired) electrons. The summed E-state index contributed by atoms with van der Waals surface area (Å²) in [7, 11) is -3.95. The molecule has 1 amide bonds. The van der Waals surface area contributed by atoms with E-state index in [4.69, 9.17) is 16.9 Å². The van der Waals surface area contributed by atoms with Crippen LogP contribution in [0.5, 0.6) is 0 Å². The molecule has 0 spiro atoms. The number of hydrogen-bond donors (Lipinski definition) is 3. The van der Waals surface area contributed by atoms with E-state index in [1.54, 1.807) is 6.20 Å². The number of hydrogen-bond acceptors (Lipinski definition) is 4. The average Bonchev–Trinajstić information content (AvgIpc) is 3.11. The summed E-state index contributed by atoms with van der Waals surface area (Å²) >= 11 is 5.83. The number of nitrogens with one attached hydrogen (secondary N) is 3. The molecule has 0 fully saturated rings. The third-order valence-electron chi connectivity index (χ3n) is 4.37. The zero-order chi connectivity index (χ0) is 20.9. The molecular weight excluding hydrogens is 412 g/mol. The predicted octanol–water partition coefficient (Wildman–Crippen LogP) is 2.74. The van der Waals surface area contributed by atoms with Gasteiger partial charge in [-0.25, -0.2) is 8.42 Å². The Balaban J connectivity index is 1.87. The van der Waals surface area contributed by atoms with Gasteiger partial charge in [0.1, 0.15) is 6.04 Å². The molecule has 9 heteroatoms. The van der Waals surface area contributed by atoms with Crippen LogP contribution in [0.2, 0.25) is 5.02 Å². The Morgan fingerprint density at radius 2 is 1.90 bits per heavy atom. The third-order valence-corrected chi connectivity index (χ3v) is 6.11. The van der Waals surface area contributed by atoms with E-state index in [9.17, 15) is 13.2 Å². The van der Waals surface area contributed by atoms with Crippen molar-refractivity contribution in [3.05, 3.63) is 65.3 Å². The molecule has 1 unspecified atom stereocenters. The van der Waals surface area contributed by atoms with Crippen LogP contribution in [0.15, 0.2) is 59.6 Å². The Morgan fingerprint density at radius 1 is 1.17 bits per heavy atom. The van der Waals surface area contributed by atoms with E-state index in [-0.39, 0.29) is 24.3 Å². The van der Waals surface area contributed by atoms with Crippen LogP contribution < -0.4 is 10.0 Å². The maximum absolute atomic E-state index is 12.8. The molecule has 0 saturated heterocycles. The zero-order valence-electron chi connectivity index (χ0n) is 15.4. The van der Waals surface area contributed by atoms with Crippen molar-refractivity contribution >= 4 is 38.4 Å². The number of aromatic amines is 1. The molecule has 0 aliphatic carbocycles. The van der Waals surface area contributed by atoms with Crippen molar-refractivity contribution < 1.29 is 13.2 Å². The fourth-order valence-corrected chi connectivity index (χ4v) is 4.26. The number of H-pyrrole nitrogens is 1. The highest BCUT2D eigenvalue weighted by atomic mass is 35.5. The van der Waals surface area contributed by atoms with E-state index in [2.05, 4.69) is 15.0 Å². The molecule has 7 nitrogen and oxygen atoms in total. The average molecular weight is 431 g/mol. The first kappa shape index (κ1) is 20.9. The van der Waals surface area contributed by atoms with Gasteiger partial charge < -0.3 is 10.3 Å². The predicted molar refractivity (Wildman–Crippen MR) is 111 cm³/mol. The maximum Gasteiger partial charge on any atom is 0.241 e. The first-order valence-electron chi connectivity index (χ1n) is 8.88. The van der Waals surface area contributed by atoms with Gasteiger partial charge in [0.05, 0.1) is 17.4 Å². The molecule has 150 valence electrons. The largest absolute Gasteiger partial charge is 0.361 e. The van der Waals surface area contributed by atoms with Crippen molar-refractivity contribution in [2.24, 2.45) is 0 Å². The van der Waals surface area contributed by atoms with Crippen LogP contribution in [-0.4, -0.2) is 31.9 Å². The van der Waals surface area contributed by atoms with Gasteiger partial charge in [0, 0.05) is 28.7 Å². The Bertz CT molecular complexity index is 1150. The van der Waals surface area contributed by atoms with Gasteiger partial charge in [-0.3, -0.25) is 4.79 Å². The van der Waals surface area contributed by atoms with Gasteiger partial charge in [0.15, 0.2) is 0 Å². The molecule has 1 atom stereocenters. The minimum atomic E-state index is -3.95. The highest BCUT2D eigenvalue weighted by Crippen LogP contribution is 2.20. The fourth-order valence-electron chi connectivity index (χ4n) is 2.94. The number of carbonyl (C=O) groups is 1. The number of para-hydroxylation sites is 1. The van der Waals surface area contributed by atoms with Crippen molar-refractivity contribution in [2.75, 3.05) is 6.54 Å². The first-order chi connectivity index (χ1) is 13.9. The quantitative estimate of drug-likeness (QED) is 0.476. The number of fused-ring (bicyclic) bond motifs is 1. The molecular formula is C20H19ClN4O3S. The lowest BCUT2D eigenvalue weighted by atomic mass is 10.1. The normalized spacial score (nSPS) is 12.4. The number of halogens is 1. The van der Waals surface area contributed by atoms with Crippen LogP contribution in [0.3, 0.4) is 0 Å². The van der Waals surface area contributed by atoms with Crippen molar-refractivity contribution in [2.45, 2.75) is 23.8 Å². The molecule has 3 aromatic rings. The van der Waals surface area contributed by atoms with Gasteiger partial charge in [-0.2, -0.15) is 9.98 Å². The van der Waals surface area contributed by atoms with Crippen molar-refractivity contribution in [1.29, 1.82) is 5.26 Å². The second-order valence-corrected chi connectivity index (χ2v) is 8.54. The minimum Gasteiger partial charge on any atom is -0.361 e. The molecule has 1 heterocycles. The highest BCUT2D eigenvalue weighted by molar-refractivity contribution is 7.89. The number of nitrogens with zero attached hydrogens (tertiary/aromatic N) is 1. The van der Waals surface area contributed by atoms with E-state index in [1.165, 1.54) is 24.3 Å². The van der Waals surface area contributed by atoms with Crippen LogP contribution in [-0.2, 0) is 21.2 Å². The standard InChI is InChI=1S/C20H19ClN4O3S/c21-15-6-8-16(9-7-15)29(27,28)25-19(20(26)23-11-3-10-22)12-14-13-24-18-5-2-1-4-17(14)18/h1-2,4-9,13,19,24-25H,3,11-12H2,(H,23,26). The molecule has 3 N–H and O–H groups in total. The number of rotatable bonds is 8. The van der Waals surface area contributed by atoms with Crippen molar-refractivity contribution in [3.63, 3.8) is 0 Å². The van der Waals surface area contributed by atoms with Crippen molar-refractivity contribution in [3.8, 4) is 6.07 Å². The smallest absolute Gasteiger partial charge is 0.241 e. The fraction of sp³-hybridized carbons (Fsp3) is 0.200. The van der Waals surface area contributed by atoms with Crippen LogP contribution in [0.25, 0.3) is 10.9 Å². The highest BCUT2D eigenvalue weighted by Gasteiger charge is 2.26. The summed E-state index contributed by atoms with van der Waals surface area (Å²) in [5.74, 6) is -0.497. The van der Waals surface area contributed by atoms with Gasteiger partial charge in [-0.15, -0.1) is 0 Å². The van der Waals surface area contributed by atoms with E-state index in [0.29, 0.717) is 5.02 Å². The monoisotopic (exact) mass is 430 g/mol. The summed E-state index contributed by atoms with van der Waals surface area (Å²) in [5.41, 5.74) is 1.70. The van der Waals surface area contributed by atoms with Crippen LogP contribution >= 0.6 is 11.6 Å². The van der Waals surface area contributed by atoms with Gasteiger partial charge in [-0.05, 0) is 42.3 Å². The Kier molecular flexibility index (Phi) is 6.54. The molecule has 0 saturated carbocycles. The molecule has 29 heavy (non-hydrogen) atoms. The number of aromatic nitrogens is 1. The summed E-state index contributed by atoms with van der Waals surface area (Å²) in [5, 5.41) is 12.6. The Labute approximate surface area is 173 Å². The van der Waals surface area contributed by atoms with Gasteiger partial charge in [0.2, 0.25) is 15.9 Å². The third kappa shape index (κ3) is 5.15. The first-order valence-corrected chi connectivity index (χ1v) is 10.7. The minimum absolute atomic E-state index is 0.00986. The van der Waals surface area contributed by atoms with E-state index in [0.717, 1.165) is 16.5 Å². The summed E-state index contributed by atoms with van der Waals surface area (Å²) < 4.78 is 28.1. The summed E-state index contributed by atoms with van der Waals surface area (Å²) in [6.07, 6.45) is 2.04. The zero-order valence-corrected chi connectivity index (χ0v) is 16.9. The van der Waals surface area contributed by atoms with Crippen molar-refractivity contribution in [1.82, 2.24) is 15.0 Å². The van der Waals surface area contributed by atoms with Gasteiger partial charge >= 0.3 is 0 Å². The van der Waals surface area contributed by atoms with Crippen LogP contribution in [0, 0.1) is 11.3 Å². The number of nitriles is 1. The number of sulfonamides is 1. The topological polar surface area (TPSA) is 115 Å². The van der Waals surface area contributed by atoms with E-state index in [1.807, 2.05) is 30.3 Å². The lowest BCUT2D eigenvalue weighted by Gasteiger charge is -2.18. The summed E-state index contributed by atoms with van der Waals surface area (Å²) in [6.45, 7) is 0.141. The lowest BCUT2D eigenvalue weighted by molar-refractivity contribution is -0.122. The second-order valence-electron chi connectivity index (χ2n) is 6.39. The van der Waals surface area contributed by atoms with Gasteiger partial charge in [0.25, 0.3) is 0 Å². The van der Waals surface area contributed by atoms with E-state index < -0.39 is 22.0 Å². The molecule has 0 aliphatic heterocycles. The number of amides is 1. The molecule has 0 aliphatic rings. The van der Waals surface area contributed by atoms with Crippen LogP contribution in [0.4, 0.5) is 0 Å². The molecule has 2 aromatic carbocycles. The molecule has 0 bridgehead atoms. The summed E-state index contributed by atoms with van der Waals surface area (Å²) in [4.78, 5) is 15.8. The summed E-state index contributed by atoms with van der Waals surface area (Å²) in [6, 6.07) is 14.1. The number of carbonyl (C=O) groups excluding carboxylic acids is 1. The lowest BCUT2D eigenvalue weighted by Crippen LogP contribution is -2.48. The Hall–Kier alpha value is -2.86. The SMILES string of the molecule is N#CCCNC(=O)C(Cc1c[nH]c2ccccc12)NS(=O)(=O)c1ccc(Cl)cc1. The van der Waals surface area contributed by atoms with Crippen LogP contribution in [0.1, 0.15) is 12.0 Å². The maximum atomic E-state index is 12.8.